The summed E-state index contributed by atoms with van der Waals surface area (Å²) in [6.07, 6.45) is 8.33. The number of nitrogens with zero attached hydrogens (tertiary/aromatic N) is 3. The van der Waals surface area contributed by atoms with E-state index >= 15 is 0 Å². The lowest BCUT2D eigenvalue weighted by molar-refractivity contribution is 0.362. The molecule has 0 aliphatic heterocycles. The summed E-state index contributed by atoms with van der Waals surface area (Å²) in [6.45, 7) is 0. The summed E-state index contributed by atoms with van der Waals surface area (Å²) in [5.74, 6) is 1.10. The second-order valence-electron chi connectivity index (χ2n) is 7.00. The van der Waals surface area contributed by atoms with Crippen molar-refractivity contribution in [2.75, 3.05) is 0 Å². The Labute approximate surface area is 147 Å². The number of imidazole rings is 1. The molecule has 0 unspecified atom stereocenters. The zero-order valence-corrected chi connectivity index (χ0v) is 14.2. The van der Waals surface area contributed by atoms with Crippen molar-refractivity contribution in [2.24, 2.45) is 0 Å². The van der Waals surface area contributed by atoms with E-state index in [0.717, 1.165) is 22.2 Å². The standard InChI is InChI=1S/C22H21N3/c1-3-8-16(9-4-1)22-24-20-14-17-10-7-13-23-19(17)15-21(20)25(22)18-11-5-2-6-12-18/h1,3-4,7-10,13-15,18H,2,5-6,11-12H2. The average molecular weight is 327 g/mol. The molecule has 3 nitrogen and oxygen atoms in total. The van der Waals surface area contributed by atoms with Crippen LogP contribution < -0.4 is 0 Å². The van der Waals surface area contributed by atoms with Gasteiger partial charge in [-0.25, -0.2) is 4.98 Å². The van der Waals surface area contributed by atoms with Crippen LogP contribution in [0.15, 0.2) is 60.8 Å². The Morgan fingerprint density at radius 1 is 0.840 bits per heavy atom. The molecule has 2 heterocycles. The van der Waals surface area contributed by atoms with Gasteiger partial charge < -0.3 is 4.57 Å². The van der Waals surface area contributed by atoms with E-state index in [-0.39, 0.29) is 0 Å². The molecule has 0 N–H and O–H groups in total. The third-order valence-electron chi connectivity index (χ3n) is 5.39. The third-order valence-corrected chi connectivity index (χ3v) is 5.39. The molecule has 25 heavy (non-hydrogen) atoms. The van der Waals surface area contributed by atoms with E-state index in [0.29, 0.717) is 6.04 Å². The zero-order chi connectivity index (χ0) is 16.6. The van der Waals surface area contributed by atoms with Gasteiger partial charge in [0, 0.05) is 23.2 Å². The van der Waals surface area contributed by atoms with Crippen molar-refractivity contribution in [1.82, 2.24) is 14.5 Å². The number of aromatic nitrogens is 3. The van der Waals surface area contributed by atoms with Crippen molar-refractivity contribution >= 4 is 21.9 Å². The van der Waals surface area contributed by atoms with Crippen LogP contribution in [0.25, 0.3) is 33.3 Å². The first-order valence-electron chi connectivity index (χ1n) is 9.22. The van der Waals surface area contributed by atoms with E-state index in [4.69, 9.17) is 4.98 Å². The molecular weight excluding hydrogens is 306 g/mol. The average Bonchev–Trinajstić information content (AvgIpc) is 3.06. The van der Waals surface area contributed by atoms with Crippen molar-refractivity contribution in [3.63, 3.8) is 0 Å². The number of hydrogen-bond acceptors (Lipinski definition) is 2. The number of benzene rings is 2. The zero-order valence-electron chi connectivity index (χ0n) is 14.2. The monoisotopic (exact) mass is 327 g/mol. The van der Waals surface area contributed by atoms with Gasteiger partial charge in [0.25, 0.3) is 0 Å². The SMILES string of the molecule is c1ccc(-c2nc3cc4cccnc4cc3n2C2CCCCC2)cc1. The maximum Gasteiger partial charge on any atom is 0.141 e. The summed E-state index contributed by atoms with van der Waals surface area (Å²) in [5.41, 5.74) is 4.54. The molecule has 124 valence electrons. The smallest absolute Gasteiger partial charge is 0.141 e. The molecule has 0 saturated heterocycles. The van der Waals surface area contributed by atoms with Crippen LogP contribution in [0.1, 0.15) is 38.1 Å². The molecular formula is C22H21N3. The predicted octanol–water partition coefficient (Wildman–Crippen LogP) is 5.76. The summed E-state index contributed by atoms with van der Waals surface area (Å²) >= 11 is 0. The van der Waals surface area contributed by atoms with E-state index in [9.17, 15) is 0 Å². The summed E-state index contributed by atoms with van der Waals surface area (Å²) in [6, 6.07) is 19.6. The number of hydrogen-bond donors (Lipinski definition) is 0. The Kier molecular flexibility index (Phi) is 3.51. The number of pyridine rings is 1. The van der Waals surface area contributed by atoms with Gasteiger partial charge in [-0.3, -0.25) is 4.98 Å². The Bertz CT molecular complexity index is 1030. The normalized spacial score (nSPS) is 15.8. The molecule has 0 spiro atoms. The van der Waals surface area contributed by atoms with Crippen LogP contribution in [-0.2, 0) is 0 Å². The maximum absolute atomic E-state index is 5.04. The maximum atomic E-state index is 5.04. The Balaban J connectivity index is 1.80. The first-order chi connectivity index (χ1) is 12.4. The molecule has 0 radical (unpaired) electrons. The van der Waals surface area contributed by atoms with Gasteiger partial charge in [0.2, 0.25) is 0 Å². The summed E-state index contributed by atoms with van der Waals surface area (Å²) < 4.78 is 2.48. The minimum absolute atomic E-state index is 0.537. The highest BCUT2D eigenvalue weighted by molar-refractivity contribution is 5.94. The van der Waals surface area contributed by atoms with Crippen LogP contribution in [0.3, 0.4) is 0 Å². The van der Waals surface area contributed by atoms with Gasteiger partial charge in [0.05, 0.1) is 16.6 Å². The van der Waals surface area contributed by atoms with Gasteiger partial charge in [-0.1, -0.05) is 55.7 Å². The first kappa shape index (κ1) is 14.6. The van der Waals surface area contributed by atoms with E-state index in [1.165, 1.54) is 43.2 Å². The molecule has 1 saturated carbocycles. The molecule has 3 heteroatoms. The molecule has 1 fully saturated rings. The first-order valence-corrected chi connectivity index (χ1v) is 9.22. The van der Waals surface area contributed by atoms with E-state index < -0.39 is 0 Å². The fourth-order valence-corrected chi connectivity index (χ4v) is 4.16. The molecule has 4 aromatic rings. The van der Waals surface area contributed by atoms with Crippen molar-refractivity contribution in [1.29, 1.82) is 0 Å². The van der Waals surface area contributed by atoms with Gasteiger partial charge >= 0.3 is 0 Å². The van der Waals surface area contributed by atoms with Crippen LogP contribution in [0.5, 0.6) is 0 Å². The lowest BCUT2D eigenvalue weighted by atomic mass is 9.95. The van der Waals surface area contributed by atoms with Crippen LogP contribution in [0.2, 0.25) is 0 Å². The van der Waals surface area contributed by atoms with Crippen LogP contribution in [-0.4, -0.2) is 14.5 Å². The van der Waals surface area contributed by atoms with Gasteiger partial charge in [-0.05, 0) is 31.0 Å². The molecule has 2 aromatic heterocycles. The Hall–Kier alpha value is -2.68. The van der Waals surface area contributed by atoms with E-state index in [1.807, 2.05) is 12.3 Å². The lowest BCUT2D eigenvalue weighted by Crippen LogP contribution is -2.14. The van der Waals surface area contributed by atoms with Gasteiger partial charge in [0.15, 0.2) is 0 Å². The third kappa shape index (κ3) is 2.51. The number of rotatable bonds is 2. The highest BCUT2D eigenvalue weighted by Gasteiger charge is 2.22. The quantitative estimate of drug-likeness (QED) is 0.469. The predicted molar refractivity (Wildman–Crippen MR) is 103 cm³/mol. The topological polar surface area (TPSA) is 30.7 Å². The second-order valence-corrected chi connectivity index (χ2v) is 7.00. The Morgan fingerprint density at radius 3 is 2.52 bits per heavy atom. The molecule has 1 aliphatic rings. The lowest BCUT2D eigenvalue weighted by Gasteiger charge is -2.25. The van der Waals surface area contributed by atoms with Crippen molar-refractivity contribution in [2.45, 2.75) is 38.1 Å². The van der Waals surface area contributed by atoms with Crippen LogP contribution >= 0.6 is 0 Å². The minimum Gasteiger partial charge on any atom is -0.321 e. The highest BCUT2D eigenvalue weighted by Crippen LogP contribution is 2.36. The van der Waals surface area contributed by atoms with Crippen molar-refractivity contribution < 1.29 is 0 Å². The fourth-order valence-electron chi connectivity index (χ4n) is 4.16. The fraction of sp³-hybridized carbons (Fsp3) is 0.273. The Morgan fingerprint density at radius 2 is 1.68 bits per heavy atom. The van der Waals surface area contributed by atoms with E-state index in [2.05, 4.69) is 58.1 Å². The van der Waals surface area contributed by atoms with Crippen molar-refractivity contribution in [3.05, 3.63) is 60.8 Å². The van der Waals surface area contributed by atoms with Crippen molar-refractivity contribution in [3.8, 4) is 11.4 Å². The van der Waals surface area contributed by atoms with Gasteiger partial charge in [-0.2, -0.15) is 0 Å². The summed E-state index contributed by atoms with van der Waals surface area (Å²) in [4.78, 5) is 9.60. The largest absolute Gasteiger partial charge is 0.321 e. The van der Waals surface area contributed by atoms with Gasteiger partial charge in [-0.15, -0.1) is 0 Å². The highest BCUT2D eigenvalue weighted by atomic mass is 15.1. The van der Waals surface area contributed by atoms with Gasteiger partial charge in [0.1, 0.15) is 5.82 Å². The summed E-state index contributed by atoms with van der Waals surface area (Å²) in [5, 5.41) is 1.16. The van der Waals surface area contributed by atoms with E-state index in [1.54, 1.807) is 0 Å². The second kappa shape index (κ2) is 5.99. The molecule has 0 amide bonds. The van der Waals surface area contributed by atoms with Crippen LogP contribution in [0, 0.1) is 0 Å². The molecule has 0 bridgehead atoms. The molecule has 0 atom stereocenters. The molecule has 2 aromatic carbocycles. The molecule has 5 rings (SSSR count). The summed E-state index contributed by atoms with van der Waals surface area (Å²) in [7, 11) is 0. The van der Waals surface area contributed by atoms with Crippen LogP contribution in [0.4, 0.5) is 0 Å². The number of fused-ring (bicyclic) bond motifs is 2. The minimum atomic E-state index is 0.537. The molecule has 1 aliphatic carbocycles.